The molecule has 0 aromatic rings. The first-order valence-corrected chi connectivity index (χ1v) is 15.8. The van der Waals surface area contributed by atoms with Crippen molar-refractivity contribution < 1.29 is 19.1 Å². The number of ether oxygens (including phenoxy) is 2. The molecular formula is C33H61NO4. The minimum absolute atomic E-state index is 0.138. The van der Waals surface area contributed by atoms with Gasteiger partial charge in [-0.1, -0.05) is 102 Å². The van der Waals surface area contributed by atoms with E-state index in [1.54, 1.807) is 0 Å². The fourth-order valence-corrected chi connectivity index (χ4v) is 4.27. The van der Waals surface area contributed by atoms with E-state index in [-0.39, 0.29) is 18.5 Å². The van der Waals surface area contributed by atoms with Crippen LogP contribution in [0.1, 0.15) is 142 Å². The molecule has 1 unspecified atom stereocenters. The van der Waals surface area contributed by atoms with Crippen LogP contribution in [0.2, 0.25) is 0 Å². The molecule has 0 aromatic heterocycles. The number of esters is 2. The van der Waals surface area contributed by atoms with Gasteiger partial charge in [0.15, 0.2) is 0 Å². The highest BCUT2D eigenvalue weighted by Crippen LogP contribution is 2.11. The molecule has 0 fully saturated rings. The maximum absolute atomic E-state index is 12.3. The van der Waals surface area contributed by atoms with Crippen molar-refractivity contribution in [1.82, 2.24) is 4.90 Å². The van der Waals surface area contributed by atoms with Gasteiger partial charge in [-0.05, 0) is 65.5 Å². The van der Waals surface area contributed by atoms with Gasteiger partial charge in [-0.15, -0.1) is 0 Å². The molecule has 0 amide bonds. The summed E-state index contributed by atoms with van der Waals surface area (Å²) in [4.78, 5) is 26.5. The molecule has 38 heavy (non-hydrogen) atoms. The second-order valence-electron chi connectivity index (χ2n) is 10.9. The monoisotopic (exact) mass is 535 g/mol. The highest BCUT2D eigenvalue weighted by Gasteiger charge is 2.18. The van der Waals surface area contributed by atoms with E-state index < -0.39 is 6.10 Å². The number of carbonyl (C=O) groups is 2. The fraction of sp³-hybridized carbons (Fsp3) is 0.818. The zero-order valence-electron chi connectivity index (χ0n) is 25.5. The van der Waals surface area contributed by atoms with E-state index in [9.17, 15) is 9.59 Å². The molecule has 5 nitrogen and oxygen atoms in total. The zero-order valence-corrected chi connectivity index (χ0v) is 25.5. The van der Waals surface area contributed by atoms with Crippen molar-refractivity contribution in [3.63, 3.8) is 0 Å². The molecule has 0 rings (SSSR count). The molecule has 0 bridgehead atoms. The van der Waals surface area contributed by atoms with Crippen LogP contribution in [-0.2, 0) is 19.1 Å². The first-order valence-electron chi connectivity index (χ1n) is 15.8. The van der Waals surface area contributed by atoms with Gasteiger partial charge in [-0.25, -0.2) is 0 Å². The average molecular weight is 536 g/mol. The van der Waals surface area contributed by atoms with Crippen molar-refractivity contribution >= 4 is 11.9 Å². The largest absolute Gasteiger partial charge is 0.462 e. The Morgan fingerprint density at radius 3 is 1.50 bits per heavy atom. The Hall–Kier alpha value is -1.62. The number of rotatable bonds is 27. The molecule has 0 heterocycles. The molecule has 0 aliphatic rings. The molecule has 1 atom stereocenters. The van der Waals surface area contributed by atoms with Gasteiger partial charge in [0.05, 0.1) is 0 Å². The lowest BCUT2D eigenvalue weighted by Crippen LogP contribution is -2.34. The van der Waals surface area contributed by atoms with E-state index in [2.05, 4.69) is 38.2 Å². The average Bonchev–Trinajstić information content (AvgIpc) is 2.88. The minimum Gasteiger partial charge on any atom is -0.462 e. The first kappa shape index (κ1) is 36.4. The molecule has 0 spiro atoms. The summed E-state index contributed by atoms with van der Waals surface area (Å²) in [6.45, 7) is 5.14. The molecule has 0 saturated heterocycles. The number of hydrogen-bond acceptors (Lipinski definition) is 5. The van der Waals surface area contributed by atoms with Crippen LogP contribution in [0.3, 0.4) is 0 Å². The molecule has 0 aliphatic heterocycles. The van der Waals surface area contributed by atoms with E-state index in [1.807, 2.05) is 19.0 Å². The van der Waals surface area contributed by atoms with Gasteiger partial charge >= 0.3 is 11.9 Å². The predicted molar refractivity (Wildman–Crippen MR) is 161 cm³/mol. The smallest absolute Gasteiger partial charge is 0.306 e. The van der Waals surface area contributed by atoms with E-state index in [4.69, 9.17) is 9.47 Å². The third kappa shape index (κ3) is 27.4. The summed E-state index contributed by atoms with van der Waals surface area (Å²) in [5.41, 5.74) is 0. The Kier molecular flexibility index (Phi) is 27.2. The summed E-state index contributed by atoms with van der Waals surface area (Å²) in [6, 6.07) is 0. The number of allylic oxidation sites excluding steroid dienone is 4. The second kappa shape index (κ2) is 28.4. The third-order valence-electron chi connectivity index (χ3n) is 6.58. The van der Waals surface area contributed by atoms with Gasteiger partial charge < -0.3 is 14.4 Å². The van der Waals surface area contributed by atoms with Crippen LogP contribution in [0.4, 0.5) is 0 Å². The summed E-state index contributed by atoms with van der Waals surface area (Å²) in [5, 5.41) is 0. The minimum atomic E-state index is -0.411. The van der Waals surface area contributed by atoms with Crippen molar-refractivity contribution in [1.29, 1.82) is 0 Å². The van der Waals surface area contributed by atoms with Gasteiger partial charge in [0.1, 0.15) is 12.7 Å². The standard InChI is InChI=1S/C33H61NO4/c1-5-7-9-11-13-15-17-19-21-23-25-27-32(35)37-30-31(29-34(3)4)38-33(36)28-26-24-22-20-18-16-14-12-10-8-6-2/h11-14,31H,5-10,15-30H2,1-4H3/b13-11-,14-12-. The Labute approximate surface area is 235 Å². The summed E-state index contributed by atoms with van der Waals surface area (Å²) in [7, 11) is 3.87. The lowest BCUT2D eigenvalue weighted by atomic mass is 10.1. The van der Waals surface area contributed by atoms with Crippen LogP contribution in [0, 0.1) is 0 Å². The SMILES string of the molecule is CCCC/C=C\CCCCCCCC(=O)OCC(CN(C)C)OC(=O)CCCCCCC/C=C\CCCC. The normalized spacial score (nSPS) is 12.6. The number of hydrogen-bond donors (Lipinski definition) is 0. The van der Waals surface area contributed by atoms with E-state index >= 15 is 0 Å². The van der Waals surface area contributed by atoms with Crippen molar-refractivity contribution in [2.45, 2.75) is 148 Å². The highest BCUT2D eigenvalue weighted by molar-refractivity contribution is 5.70. The Bertz CT molecular complexity index is 600. The van der Waals surface area contributed by atoms with Crippen LogP contribution in [0.15, 0.2) is 24.3 Å². The summed E-state index contributed by atoms with van der Waals surface area (Å²) in [5.74, 6) is -0.379. The predicted octanol–water partition coefficient (Wildman–Crippen LogP) is 8.96. The summed E-state index contributed by atoms with van der Waals surface area (Å²) >= 11 is 0. The van der Waals surface area contributed by atoms with Gasteiger partial charge in [-0.3, -0.25) is 9.59 Å². The molecule has 0 aromatic carbocycles. The van der Waals surface area contributed by atoms with Crippen LogP contribution in [0.25, 0.3) is 0 Å². The van der Waals surface area contributed by atoms with Crippen molar-refractivity contribution in [2.24, 2.45) is 0 Å². The van der Waals surface area contributed by atoms with Gasteiger partial charge in [-0.2, -0.15) is 0 Å². The third-order valence-corrected chi connectivity index (χ3v) is 6.58. The Balaban J connectivity index is 3.88. The van der Waals surface area contributed by atoms with Crippen LogP contribution in [-0.4, -0.2) is 50.2 Å². The first-order chi connectivity index (χ1) is 18.5. The molecular weight excluding hydrogens is 474 g/mol. The lowest BCUT2D eigenvalue weighted by molar-refractivity contribution is -0.160. The number of nitrogens with zero attached hydrogens (tertiary/aromatic N) is 1. The number of carbonyl (C=O) groups excluding carboxylic acids is 2. The van der Waals surface area contributed by atoms with E-state index in [0.717, 1.165) is 51.4 Å². The molecule has 0 radical (unpaired) electrons. The highest BCUT2D eigenvalue weighted by atomic mass is 16.6. The van der Waals surface area contributed by atoms with Crippen molar-refractivity contribution in [3.05, 3.63) is 24.3 Å². The van der Waals surface area contributed by atoms with Gasteiger partial charge in [0, 0.05) is 19.4 Å². The maximum Gasteiger partial charge on any atom is 0.306 e. The quantitative estimate of drug-likeness (QED) is 0.0597. The summed E-state index contributed by atoms with van der Waals surface area (Å²) < 4.78 is 11.1. The maximum atomic E-state index is 12.3. The molecule has 222 valence electrons. The van der Waals surface area contributed by atoms with Crippen LogP contribution in [0.5, 0.6) is 0 Å². The van der Waals surface area contributed by atoms with Crippen molar-refractivity contribution in [3.8, 4) is 0 Å². The number of likely N-dealkylation sites (N-methyl/N-ethyl adjacent to an activating group) is 1. The van der Waals surface area contributed by atoms with E-state index in [1.165, 1.54) is 64.2 Å². The molecule has 5 heteroatoms. The number of unbranched alkanes of at least 4 members (excludes halogenated alkanes) is 14. The topological polar surface area (TPSA) is 55.8 Å². The molecule has 0 saturated carbocycles. The lowest BCUT2D eigenvalue weighted by Gasteiger charge is -2.21. The van der Waals surface area contributed by atoms with Crippen LogP contribution >= 0.6 is 0 Å². The fourth-order valence-electron chi connectivity index (χ4n) is 4.27. The summed E-state index contributed by atoms with van der Waals surface area (Å²) in [6.07, 6.45) is 30.5. The second-order valence-corrected chi connectivity index (χ2v) is 10.9. The van der Waals surface area contributed by atoms with Crippen molar-refractivity contribution in [2.75, 3.05) is 27.2 Å². The van der Waals surface area contributed by atoms with Crippen LogP contribution < -0.4 is 0 Å². The molecule has 0 N–H and O–H groups in total. The Morgan fingerprint density at radius 1 is 0.605 bits per heavy atom. The van der Waals surface area contributed by atoms with Gasteiger partial charge in [0.2, 0.25) is 0 Å². The van der Waals surface area contributed by atoms with Gasteiger partial charge in [0.25, 0.3) is 0 Å². The van der Waals surface area contributed by atoms with E-state index in [0.29, 0.717) is 19.4 Å². The molecule has 0 aliphatic carbocycles. The Morgan fingerprint density at radius 2 is 1.03 bits per heavy atom. The zero-order chi connectivity index (χ0) is 28.1.